The molecule has 0 aliphatic rings. The van der Waals surface area contributed by atoms with Crippen LogP contribution in [0.1, 0.15) is 5.82 Å². The maximum Gasteiger partial charge on any atom is 0.258 e. The van der Waals surface area contributed by atoms with Gasteiger partial charge in [-0.1, -0.05) is 30.3 Å². The second-order valence-corrected chi connectivity index (χ2v) is 6.69. The molecule has 7 heteroatoms. The lowest BCUT2D eigenvalue weighted by molar-refractivity contribution is 0.673. The lowest BCUT2D eigenvalue weighted by Gasteiger charge is -2.10. The summed E-state index contributed by atoms with van der Waals surface area (Å²) in [4.78, 5) is 24.3. The zero-order chi connectivity index (χ0) is 19.6. The number of aromatic nitrogens is 6. The number of imidazole rings is 1. The van der Waals surface area contributed by atoms with Crippen LogP contribution in [0.2, 0.25) is 0 Å². The van der Waals surface area contributed by atoms with Crippen LogP contribution in [0.5, 0.6) is 0 Å². The van der Waals surface area contributed by atoms with E-state index in [1.807, 2.05) is 70.0 Å². The Morgan fingerprint density at radius 2 is 1.76 bits per heavy atom. The number of rotatable bonds is 5. The first-order chi connectivity index (χ1) is 14.3. The van der Waals surface area contributed by atoms with Crippen molar-refractivity contribution >= 4 is 10.9 Å². The minimum absolute atomic E-state index is 0.112. The van der Waals surface area contributed by atoms with E-state index in [0.717, 1.165) is 17.2 Å². The molecular formula is C22H18N6O. The van der Waals surface area contributed by atoms with E-state index in [4.69, 9.17) is 0 Å². The molecule has 5 rings (SSSR count). The molecule has 0 spiro atoms. The van der Waals surface area contributed by atoms with Crippen molar-refractivity contribution in [3.63, 3.8) is 0 Å². The molecule has 0 saturated carbocycles. The number of nitrogens with zero attached hydrogens (tertiary/aromatic N) is 5. The topological polar surface area (TPSA) is 81.4 Å². The molecule has 0 unspecified atom stereocenters. The minimum Gasteiger partial charge on any atom is -0.329 e. The third-order valence-corrected chi connectivity index (χ3v) is 4.84. The van der Waals surface area contributed by atoms with E-state index in [2.05, 4.69) is 20.1 Å². The van der Waals surface area contributed by atoms with Gasteiger partial charge in [0.1, 0.15) is 11.5 Å². The predicted octanol–water partition coefficient (Wildman–Crippen LogP) is 3.22. The lowest BCUT2D eigenvalue weighted by atomic mass is 10.2. The number of H-pyrrole nitrogens is 1. The van der Waals surface area contributed by atoms with Crippen molar-refractivity contribution in [3.8, 4) is 17.2 Å². The Balaban J connectivity index is 1.44. The first kappa shape index (κ1) is 17.1. The van der Waals surface area contributed by atoms with Gasteiger partial charge in [-0.05, 0) is 30.3 Å². The molecule has 29 heavy (non-hydrogen) atoms. The SMILES string of the molecule is O=c1[nH]c(CCn2ccnc2-c2ccnn2-c2ccccc2)nc2ccccc12. The van der Waals surface area contributed by atoms with E-state index >= 15 is 0 Å². The number of aromatic amines is 1. The van der Waals surface area contributed by atoms with Crippen LogP contribution in [0.15, 0.2) is 84.0 Å². The molecule has 1 N–H and O–H groups in total. The summed E-state index contributed by atoms with van der Waals surface area (Å²) in [5, 5.41) is 5.05. The highest BCUT2D eigenvalue weighted by molar-refractivity contribution is 5.77. The van der Waals surface area contributed by atoms with Crippen LogP contribution in [-0.2, 0) is 13.0 Å². The maximum atomic E-state index is 12.3. The number of benzene rings is 2. The van der Waals surface area contributed by atoms with E-state index in [0.29, 0.717) is 29.7 Å². The van der Waals surface area contributed by atoms with E-state index in [9.17, 15) is 4.79 Å². The van der Waals surface area contributed by atoms with Gasteiger partial charge in [0.25, 0.3) is 5.56 Å². The molecule has 0 aliphatic carbocycles. The highest BCUT2D eigenvalue weighted by Crippen LogP contribution is 2.21. The van der Waals surface area contributed by atoms with Gasteiger partial charge in [-0.25, -0.2) is 14.6 Å². The fraction of sp³-hybridized carbons (Fsp3) is 0.0909. The van der Waals surface area contributed by atoms with Crippen molar-refractivity contribution in [3.05, 3.63) is 95.4 Å². The van der Waals surface area contributed by atoms with Gasteiger partial charge in [-0.15, -0.1) is 0 Å². The zero-order valence-electron chi connectivity index (χ0n) is 15.6. The van der Waals surface area contributed by atoms with Crippen molar-refractivity contribution < 1.29 is 0 Å². The van der Waals surface area contributed by atoms with Crippen LogP contribution in [0.4, 0.5) is 0 Å². The lowest BCUT2D eigenvalue weighted by Crippen LogP contribution is -2.14. The number of hydrogen-bond donors (Lipinski definition) is 1. The van der Waals surface area contributed by atoms with E-state index in [-0.39, 0.29) is 5.56 Å². The quantitative estimate of drug-likeness (QED) is 0.506. The van der Waals surface area contributed by atoms with Crippen molar-refractivity contribution in [1.29, 1.82) is 0 Å². The summed E-state index contributed by atoms with van der Waals surface area (Å²) in [5.74, 6) is 1.47. The highest BCUT2D eigenvalue weighted by atomic mass is 16.1. The van der Waals surface area contributed by atoms with Gasteiger partial charge in [-0.2, -0.15) is 5.10 Å². The number of para-hydroxylation sites is 2. The molecule has 5 aromatic rings. The van der Waals surface area contributed by atoms with Gasteiger partial charge in [0.15, 0.2) is 5.82 Å². The molecule has 0 saturated heterocycles. The van der Waals surface area contributed by atoms with Gasteiger partial charge in [-0.3, -0.25) is 4.79 Å². The molecule has 0 fully saturated rings. The fourth-order valence-corrected chi connectivity index (χ4v) is 3.45. The number of nitrogens with one attached hydrogen (secondary N) is 1. The zero-order valence-corrected chi connectivity index (χ0v) is 15.6. The molecular weight excluding hydrogens is 364 g/mol. The molecule has 3 heterocycles. The van der Waals surface area contributed by atoms with Crippen LogP contribution in [0, 0.1) is 0 Å². The van der Waals surface area contributed by atoms with Crippen LogP contribution >= 0.6 is 0 Å². The Hall–Kier alpha value is -4.00. The molecule has 7 nitrogen and oxygen atoms in total. The summed E-state index contributed by atoms with van der Waals surface area (Å²) in [6, 6.07) is 19.3. The molecule has 0 bridgehead atoms. The van der Waals surface area contributed by atoms with Crippen LogP contribution in [0.3, 0.4) is 0 Å². The van der Waals surface area contributed by atoms with Crippen molar-refractivity contribution in [2.75, 3.05) is 0 Å². The molecule has 0 amide bonds. The van der Waals surface area contributed by atoms with E-state index < -0.39 is 0 Å². The van der Waals surface area contributed by atoms with Gasteiger partial charge in [0.2, 0.25) is 0 Å². The smallest absolute Gasteiger partial charge is 0.258 e. The van der Waals surface area contributed by atoms with Gasteiger partial charge < -0.3 is 9.55 Å². The number of hydrogen-bond acceptors (Lipinski definition) is 4. The molecule has 0 aliphatic heterocycles. The third-order valence-electron chi connectivity index (χ3n) is 4.84. The highest BCUT2D eigenvalue weighted by Gasteiger charge is 2.13. The van der Waals surface area contributed by atoms with Crippen LogP contribution < -0.4 is 5.56 Å². The molecule has 0 atom stereocenters. The standard InChI is InChI=1S/C22H18N6O/c29-22-17-8-4-5-9-18(17)25-20(26-22)11-14-27-15-13-23-21(27)19-10-12-24-28(19)16-6-2-1-3-7-16/h1-10,12-13,15H,11,14H2,(H,25,26,29). The third kappa shape index (κ3) is 3.23. The fourth-order valence-electron chi connectivity index (χ4n) is 3.45. The largest absolute Gasteiger partial charge is 0.329 e. The summed E-state index contributed by atoms with van der Waals surface area (Å²) >= 11 is 0. The average Bonchev–Trinajstić information content (AvgIpc) is 3.42. The molecule has 0 radical (unpaired) electrons. The predicted molar refractivity (Wildman–Crippen MR) is 111 cm³/mol. The van der Waals surface area contributed by atoms with Gasteiger partial charge in [0.05, 0.1) is 22.8 Å². The summed E-state index contributed by atoms with van der Waals surface area (Å²) in [5.41, 5.74) is 2.47. The summed E-state index contributed by atoms with van der Waals surface area (Å²) in [6.07, 6.45) is 6.05. The Bertz CT molecular complexity index is 1330. The van der Waals surface area contributed by atoms with E-state index in [1.54, 1.807) is 18.5 Å². The minimum atomic E-state index is -0.112. The first-order valence-corrected chi connectivity index (χ1v) is 9.38. The van der Waals surface area contributed by atoms with Gasteiger partial charge in [0, 0.05) is 25.4 Å². The Morgan fingerprint density at radius 1 is 0.931 bits per heavy atom. The van der Waals surface area contributed by atoms with Crippen molar-refractivity contribution in [2.24, 2.45) is 0 Å². The second kappa shape index (κ2) is 7.20. The van der Waals surface area contributed by atoms with Gasteiger partial charge >= 0.3 is 0 Å². The monoisotopic (exact) mass is 382 g/mol. The maximum absolute atomic E-state index is 12.3. The number of fused-ring (bicyclic) bond motifs is 1. The molecule has 142 valence electrons. The average molecular weight is 382 g/mol. The van der Waals surface area contributed by atoms with Crippen LogP contribution in [0.25, 0.3) is 28.1 Å². The normalized spacial score (nSPS) is 11.2. The number of aryl methyl sites for hydroxylation is 2. The van der Waals surface area contributed by atoms with Crippen LogP contribution in [-0.4, -0.2) is 29.3 Å². The Morgan fingerprint density at radius 3 is 2.66 bits per heavy atom. The Labute approximate surface area is 166 Å². The summed E-state index contributed by atoms with van der Waals surface area (Å²) in [7, 11) is 0. The van der Waals surface area contributed by atoms with Crippen molar-refractivity contribution in [2.45, 2.75) is 13.0 Å². The second-order valence-electron chi connectivity index (χ2n) is 6.69. The first-order valence-electron chi connectivity index (χ1n) is 9.38. The summed E-state index contributed by atoms with van der Waals surface area (Å²) in [6.45, 7) is 0.635. The van der Waals surface area contributed by atoms with Crippen molar-refractivity contribution in [1.82, 2.24) is 29.3 Å². The molecule has 3 aromatic heterocycles. The molecule has 2 aromatic carbocycles. The summed E-state index contributed by atoms with van der Waals surface area (Å²) < 4.78 is 3.92. The Kier molecular flexibility index (Phi) is 4.25. The van der Waals surface area contributed by atoms with E-state index in [1.165, 1.54) is 0 Å².